The molecule has 0 spiro atoms. The topological polar surface area (TPSA) is 78.9 Å². The molecular formula is C60H116O6. The van der Waals surface area contributed by atoms with Crippen LogP contribution < -0.4 is 0 Å². The zero-order valence-electron chi connectivity index (χ0n) is 45.2. The van der Waals surface area contributed by atoms with Gasteiger partial charge in [0.1, 0.15) is 13.2 Å². The highest BCUT2D eigenvalue weighted by Gasteiger charge is 2.19. The molecule has 0 aromatic carbocycles. The molecule has 0 saturated heterocycles. The largest absolute Gasteiger partial charge is 0.462 e. The molecule has 0 aliphatic heterocycles. The van der Waals surface area contributed by atoms with Crippen LogP contribution in [-0.4, -0.2) is 37.2 Å². The summed E-state index contributed by atoms with van der Waals surface area (Å²) < 4.78 is 16.9. The van der Waals surface area contributed by atoms with Gasteiger partial charge >= 0.3 is 17.9 Å². The second kappa shape index (κ2) is 54.4. The smallest absolute Gasteiger partial charge is 0.306 e. The van der Waals surface area contributed by atoms with Crippen molar-refractivity contribution >= 4 is 17.9 Å². The van der Waals surface area contributed by atoms with Crippen molar-refractivity contribution in [3.8, 4) is 0 Å². The summed E-state index contributed by atoms with van der Waals surface area (Å²) in [6.45, 7) is 9.07. The predicted octanol–water partition coefficient (Wildman–Crippen LogP) is 19.8. The Kier molecular flexibility index (Phi) is 53.0. The lowest BCUT2D eigenvalue weighted by Crippen LogP contribution is -2.30. The van der Waals surface area contributed by atoms with E-state index >= 15 is 0 Å². The molecule has 0 heterocycles. The molecule has 0 bridgehead atoms. The molecule has 392 valence electrons. The summed E-state index contributed by atoms with van der Waals surface area (Å²) in [5.74, 6) is 0.0188. The van der Waals surface area contributed by atoms with Gasteiger partial charge in [0.15, 0.2) is 6.10 Å². The normalized spacial score (nSPS) is 12.0. The first-order valence-corrected chi connectivity index (χ1v) is 29.9. The lowest BCUT2D eigenvalue weighted by Gasteiger charge is -2.18. The van der Waals surface area contributed by atoms with E-state index in [9.17, 15) is 14.4 Å². The first kappa shape index (κ1) is 64.4. The summed E-state index contributed by atoms with van der Waals surface area (Å²) in [5, 5.41) is 0. The van der Waals surface area contributed by atoms with Gasteiger partial charge in [-0.15, -0.1) is 0 Å². The Morgan fingerprint density at radius 2 is 0.500 bits per heavy atom. The average Bonchev–Trinajstić information content (AvgIpc) is 3.30. The van der Waals surface area contributed by atoms with E-state index in [4.69, 9.17) is 14.2 Å². The number of carbonyl (C=O) groups is 3. The van der Waals surface area contributed by atoms with Gasteiger partial charge < -0.3 is 14.2 Å². The molecule has 0 unspecified atom stereocenters. The van der Waals surface area contributed by atoms with Crippen LogP contribution in [0, 0.1) is 5.92 Å². The highest BCUT2D eigenvalue weighted by Crippen LogP contribution is 2.18. The van der Waals surface area contributed by atoms with E-state index in [1.54, 1.807) is 0 Å². The second-order valence-electron chi connectivity index (χ2n) is 21.1. The van der Waals surface area contributed by atoms with Gasteiger partial charge in [0.25, 0.3) is 0 Å². The summed E-state index contributed by atoms with van der Waals surface area (Å²) >= 11 is 0. The van der Waals surface area contributed by atoms with E-state index in [0.717, 1.165) is 63.7 Å². The lowest BCUT2D eigenvalue weighted by atomic mass is 10.0. The first-order valence-electron chi connectivity index (χ1n) is 29.9. The Labute approximate surface area is 412 Å². The van der Waals surface area contributed by atoms with Gasteiger partial charge in [0.05, 0.1) is 0 Å². The number of hydrogen-bond acceptors (Lipinski definition) is 6. The summed E-state index contributed by atoms with van der Waals surface area (Å²) in [6.07, 6.45) is 59.6. The standard InChI is InChI=1S/C60H116O6/c1-5-7-9-11-13-15-17-18-19-20-21-25-28-32-35-39-43-47-51-58(61)64-54-57(66-60(63)53-49-45-41-37-30-16-14-12-10-8-6-2)55-65-59(62)52-48-44-40-36-33-29-26-23-22-24-27-31-34-38-42-46-50-56(3)4/h56-57H,5-55H2,1-4H3/t57-/m0/s1. The molecule has 0 fully saturated rings. The first-order chi connectivity index (χ1) is 32.4. The summed E-state index contributed by atoms with van der Waals surface area (Å²) in [4.78, 5) is 38.1. The summed E-state index contributed by atoms with van der Waals surface area (Å²) in [5.41, 5.74) is 0. The Morgan fingerprint density at radius 3 is 0.742 bits per heavy atom. The third-order valence-electron chi connectivity index (χ3n) is 13.8. The van der Waals surface area contributed by atoms with Crippen LogP contribution >= 0.6 is 0 Å². The van der Waals surface area contributed by atoms with Crippen molar-refractivity contribution in [1.82, 2.24) is 0 Å². The van der Waals surface area contributed by atoms with Crippen molar-refractivity contribution < 1.29 is 28.6 Å². The highest BCUT2D eigenvalue weighted by atomic mass is 16.6. The van der Waals surface area contributed by atoms with Crippen molar-refractivity contribution in [3.05, 3.63) is 0 Å². The molecule has 0 radical (unpaired) electrons. The minimum Gasteiger partial charge on any atom is -0.462 e. The van der Waals surface area contributed by atoms with Gasteiger partial charge in [-0.2, -0.15) is 0 Å². The molecule has 6 nitrogen and oxygen atoms in total. The van der Waals surface area contributed by atoms with Gasteiger partial charge in [-0.25, -0.2) is 0 Å². The quantitative estimate of drug-likeness (QED) is 0.0343. The molecule has 0 aliphatic rings. The number of carbonyl (C=O) groups excluding carboxylic acids is 3. The van der Waals surface area contributed by atoms with Gasteiger partial charge in [-0.1, -0.05) is 304 Å². The molecule has 0 amide bonds. The number of esters is 3. The second-order valence-corrected chi connectivity index (χ2v) is 21.1. The van der Waals surface area contributed by atoms with E-state index in [2.05, 4.69) is 27.7 Å². The van der Waals surface area contributed by atoms with Crippen LogP contribution in [0.4, 0.5) is 0 Å². The minimum absolute atomic E-state index is 0.0617. The van der Waals surface area contributed by atoms with Crippen LogP contribution in [0.25, 0.3) is 0 Å². The van der Waals surface area contributed by atoms with Crippen LogP contribution in [-0.2, 0) is 28.6 Å². The predicted molar refractivity (Wildman–Crippen MR) is 284 cm³/mol. The molecule has 0 rings (SSSR count). The molecule has 0 aromatic heterocycles. The fourth-order valence-corrected chi connectivity index (χ4v) is 9.28. The lowest BCUT2D eigenvalue weighted by molar-refractivity contribution is -0.167. The van der Waals surface area contributed by atoms with Gasteiger partial charge in [-0.05, 0) is 25.2 Å². The maximum atomic E-state index is 12.8. The number of rotatable bonds is 55. The minimum atomic E-state index is -0.761. The SMILES string of the molecule is CCCCCCCCCCCCCCCCCCCCC(=O)OC[C@@H](COC(=O)CCCCCCCCCCCCCCCCCCC(C)C)OC(=O)CCCCCCCCCCCCC. The molecule has 0 N–H and O–H groups in total. The fraction of sp³-hybridized carbons (Fsp3) is 0.950. The number of hydrogen-bond donors (Lipinski definition) is 0. The van der Waals surface area contributed by atoms with Gasteiger partial charge in [-0.3, -0.25) is 14.4 Å². The van der Waals surface area contributed by atoms with E-state index in [0.29, 0.717) is 19.3 Å². The molecule has 0 saturated carbocycles. The average molecular weight is 934 g/mol. The molecule has 0 aromatic rings. The maximum Gasteiger partial charge on any atom is 0.306 e. The van der Waals surface area contributed by atoms with Crippen LogP contribution in [0.15, 0.2) is 0 Å². The van der Waals surface area contributed by atoms with Crippen LogP contribution in [0.5, 0.6) is 0 Å². The van der Waals surface area contributed by atoms with E-state index in [1.165, 1.54) is 238 Å². The van der Waals surface area contributed by atoms with Crippen LogP contribution in [0.3, 0.4) is 0 Å². The summed E-state index contributed by atoms with van der Waals surface area (Å²) in [7, 11) is 0. The Bertz CT molecular complexity index is 996. The third-order valence-corrected chi connectivity index (χ3v) is 13.8. The zero-order valence-corrected chi connectivity index (χ0v) is 45.2. The van der Waals surface area contributed by atoms with Crippen LogP contribution in [0.2, 0.25) is 0 Å². The van der Waals surface area contributed by atoms with E-state index in [-0.39, 0.29) is 31.1 Å². The zero-order chi connectivity index (χ0) is 48.1. The monoisotopic (exact) mass is 933 g/mol. The van der Waals surface area contributed by atoms with Crippen molar-refractivity contribution in [3.63, 3.8) is 0 Å². The molecule has 0 aliphatic carbocycles. The highest BCUT2D eigenvalue weighted by molar-refractivity contribution is 5.71. The van der Waals surface area contributed by atoms with Crippen LogP contribution in [0.1, 0.15) is 342 Å². The van der Waals surface area contributed by atoms with E-state index in [1.807, 2.05) is 0 Å². The number of ether oxygens (including phenoxy) is 3. The molecule has 6 heteroatoms. The Morgan fingerprint density at radius 1 is 0.288 bits per heavy atom. The Balaban J connectivity index is 4.21. The third kappa shape index (κ3) is 53.4. The summed E-state index contributed by atoms with van der Waals surface area (Å²) in [6, 6.07) is 0. The van der Waals surface area contributed by atoms with Crippen molar-refractivity contribution in [2.24, 2.45) is 5.92 Å². The molecular weight excluding hydrogens is 817 g/mol. The fourth-order valence-electron chi connectivity index (χ4n) is 9.28. The van der Waals surface area contributed by atoms with Crippen molar-refractivity contribution in [2.75, 3.05) is 13.2 Å². The molecule has 1 atom stereocenters. The number of unbranched alkanes of at least 4 members (excludes halogenated alkanes) is 42. The maximum absolute atomic E-state index is 12.8. The molecule has 66 heavy (non-hydrogen) atoms. The van der Waals surface area contributed by atoms with E-state index < -0.39 is 6.10 Å². The van der Waals surface area contributed by atoms with Gasteiger partial charge in [0, 0.05) is 19.3 Å². The van der Waals surface area contributed by atoms with Crippen molar-refractivity contribution in [2.45, 2.75) is 348 Å². The Hall–Kier alpha value is -1.59. The van der Waals surface area contributed by atoms with Crippen molar-refractivity contribution in [1.29, 1.82) is 0 Å². The van der Waals surface area contributed by atoms with Gasteiger partial charge in [0.2, 0.25) is 0 Å².